The molecule has 1 aliphatic rings. The van der Waals surface area contributed by atoms with Crippen LogP contribution >= 0.6 is 0 Å². The molecule has 0 saturated carbocycles. The topological polar surface area (TPSA) is 50.2 Å². The van der Waals surface area contributed by atoms with Gasteiger partial charge in [-0.15, -0.1) is 34.9 Å². The number of pyridine rings is 1. The number of ketones is 1. The third kappa shape index (κ3) is 5.80. The number of hydrogen-bond acceptors (Lipinski definition) is 3. The summed E-state index contributed by atoms with van der Waals surface area (Å²) in [5.74, 6) is -0.0625. The smallest absolute Gasteiger partial charge is 0.155 e. The summed E-state index contributed by atoms with van der Waals surface area (Å²) in [7, 11) is 0. The van der Waals surface area contributed by atoms with Gasteiger partial charge in [-0.25, -0.2) is 0 Å². The van der Waals surface area contributed by atoms with E-state index in [4.69, 9.17) is 10.1 Å². The van der Waals surface area contributed by atoms with Crippen LogP contribution in [0.15, 0.2) is 48.2 Å². The van der Waals surface area contributed by atoms with Crippen LogP contribution in [0.3, 0.4) is 0 Å². The fraction of sp³-hybridized carbons (Fsp3) is 0.379. The Morgan fingerprint density at radius 2 is 1.64 bits per heavy atom. The second kappa shape index (κ2) is 9.91. The van der Waals surface area contributed by atoms with Crippen molar-refractivity contribution in [3.05, 3.63) is 76.6 Å². The van der Waals surface area contributed by atoms with Gasteiger partial charge in [-0.2, -0.15) is 0 Å². The summed E-state index contributed by atoms with van der Waals surface area (Å²) in [5, 5.41) is 9.67. The van der Waals surface area contributed by atoms with Crippen LogP contribution in [-0.4, -0.2) is 15.9 Å². The molecule has 4 rings (SSSR count). The fourth-order valence-corrected chi connectivity index (χ4v) is 5.37. The molecule has 0 amide bonds. The summed E-state index contributed by atoms with van der Waals surface area (Å²) in [6.45, 7) is 16.6. The second-order valence-corrected chi connectivity index (χ2v) is 10.3. The molecule has 0 bridgehead atoms. The zero-order valence-corrected chi connectivity index (χ0v) is 23.3. The van der Waals surface area contributed by atoms with Crippen LogP contribution in [0.2, 0.25) is 0 Å². The number of hydrogen-bond donors (Lipinski definition) is 1. The molecule has 1 heterocycles. The Kier molecular flexibility index (Phi) is 8.10. The number of rotatable bonds is 2. The summed E-state index contributed by atoms with van der Waals surface area (Å²) in [6, 6.07) is 16.6. The first-order valence-electron chi connectivity index (χ1n) is 11.1. The molecule has 2 aromatic carbocycles. The zero-order valence-electron chi connectivity index (χ0n) is 20.9. The Morgan fingerprint density at radius 1 is 1.03 bits per heavy atom. The number of carbonyl (C=O) groups excluding carboxylic acids is 1. The number of nitrogens with zero attached hydrogens (tertiary/aromatic N) is 1. The van der Waals surface area contributed by atoms with Crippen molar-refractivity contribution in [2.45, 2.75) is 72.6 Å². The van der Waals surface area contributed by atoms with Gasteiger partial charge in [0.15, 0.2) is 5.78 Å². The fourth-order valence-electron chi connectivity index (χ4n) is 5.37. The molecule has 0 atom stereocenters. The molecule has 3 aromatic rings. The second-order valence-electron chi connectivity index (χ2n) is 10.3. The predicted molar refractivity (Wildman–Crippen MR) is 133 cm³/mol. The van der Waals surface area contributed by atoms with Crippen LogP contribution in [0.5, 0.6) is 0 Å². The molecular weight excluding hydrogens is 587 g/mol. The van der Waals surface area contributed by atoms with Crippen molar-refractivity contribution < 1.29 is 30.0 Å². The SMILES string of the molecule is CC(=O)C=C(C)O.Cc1[c-]c(-c2nc3ccccc3c3c2C(C)(C)CC3(C)C)cc(C)c1.[Ir]. The van der Waals surface area contributed by atoms with E-state index >= 15 is 0 Å². The van der Waals surface area contributed by atoms with E-state index in [0.717, 1.165) is 23.2 Å². The van der Waals surface area contributed by atoms with Gasteiger partial charge in [-0.3, -0.25) is 9.78 Å². The van der Waals surface area contributed by atoms with Gasteiger partial charge in [0.05, 0.1) is 11.3 Å². The maximum atomic E-state index is 10.0. The number of fused-ring (bicyclic) bond motifs is 3. The first kappa shape index (κ1) is 27.0. The monoisotopic (exact) mass is 621 g/mol. The molecule has 177 valence electrons. The van der Waals surface area contributed by atoms with Crippen LogP contribution < -0.4 is 0 Å². The predicted octanol–water partition coefficient (Wildman–Crippen LogP) is 7.31. The quantitative estimate of drug-likeness (QED) is 0.186. The molecule has 0 spiro atoms. The van der Waals surface area contributed by atoms with Gasteiger partial charge >= 0.3 is 0 Å². The maximum Gasteiger partial charge on any atom is 0.155 e. The third-order valence-electron chi connectivity index (χ3n) is 5.95. The third-order valence-corrected chi connectivity index (χ3v) is 5.95. The standard InChI is InChI=1S/C24H26N.C5H8O2.Ir/c1-15-11-16(2)13-17(12-15)22-21-20(23(3,4)14-24(21,5)6)18-9-7-8-10-19(18)25-22;1-4(6)3-5(2)7;/h7-12H,14H2,1-6H3;3,6H,1-2H3;/q-1;;. The first-order valence-corrected chi connectivity index (χ1v) is 11.1. The summed E-state index contributed by atoms with van der Waals surface area (Å²) in [4.78, 5) is 15.1. The normalized spacial score (nSPS) is 15.8. The Bertz CT molecular complexity index is 1200. The molecule has 1 aliphatic carbocycles. The molecule has 3 nitrogen and oxygen atoms in total. The van der Waals surface area contributed by atoms with Gasteiger partial charge in [-0.05, 0) is 48.4 Å². The first-order chi connectivity index (χ1) is 14.8. The van der Waals surface area contributed by atoms with E-state index in [0.29, 0.717) is 0 Å². The maximum absolute atomic E-state index is 10.0. The Labute approximate surface area is 211 Å². The summed E-state index contributed by atoms with van der Waals surface area (Å²) in [5.41, 5.74) is 8.93. The van der Waals surface area contributed by atoms with Crippen LogP contribution in [-0.2, 0) is 35.7 Å². The number of allylic oxidation sites excluding steroid dienone is 2. The van der Waals surface area contributed by atoms with Crippen molar-refractivity contribution in [3.8, 4) is 11.3 Å². The van der Waals surface area contributed by atoms with Crippen LogP contribution in [0.25, 0.3) is 22.2 Å². The molecule has 1 aromatic heterocycles. The van der Waals surface area contributed by atoms with Crippen molar-refractivity contribution in [2.75, 3.05) is 0 Å². The minimum atomic E-state index is -0.125. The van der Waals surface area contributed by atoms with Crippen LogP contribution in [0.1, 0.15) is 70.2 Å². The van der Waals surface area contributed by atoms with Crippen molar-refractivity contribution in [3.63, 3.8) is 0 Å². The van der Waals surface area contributed by atoms with Gasteiger partial charge in [0.2, 0.25) is 0 Å². The Morgan fingerprint density at radius 3 is 2.18 bits per heavy atom. The number of carbonyl (C=O) groups is 1. The zero-order chi connectivity index (χ0) is 23.8. The van der Waals surface area contributed by atoms with Gasteiger partial charge in [0, 0.05) is 31.6 Å². The molecular formula is C29H34IrNO2-. The van der Waals surface area contributed by atoms with Crippen molar-refractivity contribution in [1.82, 2.24) is 4.98 Å². The number of benzene rings is 2. The van der Waals surface area contributed by atoms with Crippen LogP contribution in [0.4, 0.5) is 0 Å². The Hall–Kier alpha value is -2.29. The molecule has 33 heavy (non-hydrogen) atoms. The summed E-state index contributed by atoms with van der Waals surface area (Å²) < 4.78 is 0. The van der Waals surface area contributed by atoms with Crippen molar-refractivity contribution >= 4 is 16.7 Å². The summed E-state index contributed by atoms with van der Waals surface area (Å²) in [6.07, 6.45) is 2.31. The van der Waals surface area contributed by atoms with E-state index in [1.165, 1.54) is 47.6 Å². The molecule has 1 N–H and O–H groups in total. The largest absolute Gasteiger partial charge is 0.512 e. The Balaban J connectivity index is 0.000000423. The minimum Gasteiger partial charge on any atom is -0.512 e. The van der Waals surface area contributed by atoms with Gasteiger partial charge in [0.1, 0.15) is 0 Å². The number of aryl methyl sites for hydroxylation is 2. The number of para-hydroxylation sites is 1. The van der Waals surface area contributed by atoms with Gasteiger partial charge in [0.25, 0.3) is 0 Å². The number of aliphatic hydroxyl groups excluding tert-OH is 1. The van der Waals surface area contributed by atoms with E-state index < -0.39 is 0 Å². The molecule has 0 saturated heterocycles. The van der Waals surface area contributed by atoms with Crippen LogP contribution in [0, 0.1) is 19.9 Å². The number of aliphatic hydroxyl groups is 1. The molecule has 4 heteroatoms. The molecule has 0 unspecified atom stereocenters. The van der Waals surface area contributed by atoms with Crippen molar-refractivity contribution in [1.29, 1.82) is 0 Å². The molecule has 1 radical (unpaired) electrons. The minimum absolute atomic E-state index is 0. The van der Waals surface area contributed by atoms with E-state index in [-0.39, 0.29) is 42.5 Å². The van der Waals surface area contributed by atoms with E-state index in [2.05, 4.69) is 84.0 Å². The van der Waals surface area contributed by atoms with E-state index in [1.807, 2.05) is 0 Å². The summed E-state index contributed by atoms with van der Waals surface area (Å²) >= 11 is 0. The number of aromatic nitrogens is 1. The van der Waals surface area contributed by atoms with E-state index in [1.54, 1.807) is 0 Å². The van der Waals surface area contributed by atoms with Gasteiger partial charge < -0.3 is 5.11 Å². The van der Waals surface area contributed by atoms with Gasteiger partial charge in [-0.1, -0.05) is 65.3 Å². The van der Waals surface area contributed by atoms with Crippen molar-refractivity contribution in [2.24, 2.45) is 0 Å². The van der Waals surface area contributed by atoms with E-state index in [9.17, 15) is 4.79 Å². The average Bonchev–Trinajstić information content (AvgIpc) is 2.84. The molecule has 0 aliphatic heterocycles. The molecule has 0 fully saturated rings. The average molecular weight is 621 g/mol.